The smallest absolute Gasteiger partial charge is 0.215 e. The topological polar surface area (TPSA) is 46.6 Å². The highest BCUT2D eigenvalue weighted by molar-refractivity contribution is 7.89. The lowest BCUT2D eigenvalue weighted by Gasteiger charge is -2.26. The molecule has 0 radical (unpaired) electrons. The minimum atomic E-state index is -3.19. The van der Waals surface area contributed by atoms with Crippen LogP contribution in [0.3, 0.4) is 0 Å². The zero-order valence-electron chi connectivity index (χ0n) is 8.99. The minimum Gasteiger partial charge on any atom is -0.377 e. The zero-order valence-corrected chi connectivity index (χ0v) is 10.6. The third kappa shape index (κ3) is 4.26. The summed E-state index contributed by atoms with van der Waals surface area (Å²) < 4.78 is 30.0. The van der Waals surface area contributed by atoms with Gasteiger partial charge < -0.3 is 4.74 Å². The Morgan fingerprint density at radius 1 is 1.47 bits per heavy atom. The maximum atomic E-state index is 11.6. The van der Waals surface area contributed by atoms with Crippen LogP contribution in [-0.2, 0) is 14.8 Å². The molecule has 0 aromatic rings. The van der Waals surface area contributed by atoms with Gasteiger partial charge in [-0.25, -0.2) is 12.7 Å². The first-order chi connectivity index (χ1) is 7.06. The largest absolute Gasteiger partial charge is 0.377 e. The Kier molecular flexibility index (Phi) is 5.32. The molecular weight excluding hydrogens is 238 g/mol. The van der Waals surface area contributed by atoms with Gasteiger partial charge in [0.15, 0.2) is 0 Å². The number of ether oxygens (including phenoxy) is 1. The number of halogens is 1. The molecule has 0 saturated carbocycles. The van der Waals surface area contributed by atoms with E-state index < -0.39 is 10.0 Å². The van der Waals surface area contributed by atoms with Crippen LogP contribution < -0.4 is 0 Å². The first kappa shape index (κ1) is 13.2. The molecule has 1 rings (SSSR count). The molecule has 15 heavy (non-hydrogen) atoms. The number of rotatable bonds is 5. The number of sulfonamides is 1. The number of likely N-dealkylation sites (N-methyl/N-ethyl adjacent to an activating group) is 1. The van der Waals surface area contributed by atoms with Crippen molar-refractivity contribution in [3.05, 3.63) is 0 Å². The first-order valence-electron chi connectivity index (χ1n) is 5.18. The summed E-state index contributed by atoms with van der Waals surface area (Å²) in [6, 6.07) is 0. The highest BCUT2D eigenvalue weighted by atomic mass is 35.5. The molecule has 0 bridgehead atoms. The molecule has 1 aliphatic rings. The van der Waals surface area contributed by atoms with E-state index in [0.717, 1.165) is 25.9 Å². The van der Waals surface area contributed by atoms with E-state index in [-0.39, 0.29) is 17.7 Å². The molecule has 0 aromatic heterocycles. The van der Waals surface area contributed by atoms with Gasteiger partial charge in [-0.3, -0.25) is 0 Å². The average Bonchev–Trinajstić information content (AvgIpc) is 2.19. The third-order valence-corrected chi connectivity index (χ3v) is 4.78. The molecule has 1 atom stereocenters. The lowest BCUT2D eigenvalue weighted by Crippen LogP contribution is -2.38. The van der Waals surface area contributed by atoms with E-state index in [2.05, 4.69) is 0 Å². The Morgan fingerprint density at radius 3 is 2.73 bits per heavy atom. The van der Waals surface area contributed by atoms with E-state index in [1.807, 2.05) is 0 Å². The minimum absolute atomic E-state index is 0.00221. The van der Waals surface area contributed by atoms with Crippen molar-refractivity contribution >= 4 is 21.6 Å². The summed E-state index contributed by atoms with van der Waals surface area (Å²) in [7, 11) is -1.61. The summed E-state index contributed by atoms with van der Waals surface area (Å²) in [4.78, 5) is 0. The Labute approximate surface area is 96.6 Å². The second-order valence-electron chi connectivity index (χ2n) is 3.77. The Balaban J connectivity index is 2.43. The molecule has 4 nitrogen and oxygen atoms in total. The molecule has 0 aliphatic carbocycles. The lowest BCUT2D eigenvalue weighted by molar-refractivity contribution is 0.00860. The Bertz CT molecular complexity index is 275. The van der Waals surface area contributed by atoms with E-state index in [1.165, 1.54) is 4.31 Å². The second-order valence-corrected chi connectivity index (χ2v) is 6.35. The highest BCUT2D eigenvalue weighted by Gasteiger charge is 2.22. The Morgan fingerprint density at radius 2 is 2.20 bits per heavy atom. The van der Waals surface area contributed by atoms with Crippen molar-refractivity contribution in [3.63, 3.8) is 0 Å². The molecule has 1 fully saturated rings. The van der Waals surface area contributed by atoms with Gasteiger partial charge in [-0.15, -0.1) is 11.6 Å². The van der Waals surface area contributed by atoms with Gasteiger partial charge in [-0.05, 0) is 19.3 Å². The highest BCUT2D eigenvalue weighted by Crippen LogP contribution is 2.14. The van der Waals surface area contributed by atoms with E-state index in [9.17, 15) is 8.42 Å². The van der Waals surface area contributed by atoms with Gasteiger partial charge in [0.2, 0.25) is 10.0 Å². The quantitative estimate of drug-likeness (QED) is 0.690. The summed E-state index contributed by atoms with van der Waals surface area (Å²) in [5.41, 5.74) is 0. The normalized spacial score (nSPS) is 23.3. The molecular formula is C9H18ClNO3S. The van der Waals surface area contributed by atoms with Crippen LogP contribution >= 0.6 is 11.6 Å². The van der Waals surface area contributed by atoms with Crippen LogP contribution in [0.4, 0.5) is 0 Å². The van der Waals surface area contributed by atoms with Crippen LogP contribution in [0.5, 0.6) is 0 Å². The van der Waals surface area contributed by atoms with Gasteiger partial charge in [-0.1, -0.05) is 0 Å². The van der Waals surface area contributed by atoms with Crippen molar-refractivity contribution in [1.82, 2.24) is 4.31 Å². The van der Waals surface area contributed by atoms with Gasteiger partial charge >= 0.3 is 0 Å². The van der Waals surface area contributed by atoms with Crippen LogP contribution in [0.15, 0.2) is 0 Å². The molecule has 0 spiro atoms. The van der Waals surface area contributed by atoms with Crippen molar-refractivity contribution < 1.29 is 13.2 Å². The predicted octanol–water partition coefficient (Wildman–Crippen LogP) is 1.06. The lowest BCUT2D eigenvalue weighted by atomic mass is 10.1. The number of alkyl halides is 1. The van der Waals surface area contributed by atoms with Crippen LogP contribution in [0, 0.1) is 0 Å². The van der Waals surface area contributed by atoms with E-state index in [0.29, 0.717) is 6.54 Å². The summed E-state index contributed by atoms with van der Waals surface area (Å²) in [5.74, 6) is 0.135. The van der Waals surface area contributed by atoms with Crippen LogP contribution in [-0.4, -0.2) is 50.7 Å². The van der Waals surface area contributed by atoms with Gasteiger partial charge in [0, 0.05) is 26.1 Å². The van der Waals surface area contributed by atoms with E-state index >= 15 is 0 Å². The van der Waals surface area contributed by atoms with Crippen molar-refractivity contribution in [1.29, 1.82) is 0 Å². The summed E-state index contributed by atoms with van der Waals surface area (Å²) in [6.07, 6.45) is 3.19. The number of hydrogen-bond donors (Lipinski definition) is 0. The Hall–Kier alpha value is 0.160. The third-order valence-electron chi connectivity index (χ3n) is 2.54. The maximum Gasteiger partial charge on any atom is 0.215 e. The number of hydrogen-bond acceptors (Lipinski definition) is 3. The van der Waals surface area contributed by atoms with Gasteiger partial charge in [0.25, 0.3) is 0 Å². The van der Waals surface area contributed by atoms with Gasteiger partial charge in [0.05, 0.1) is 11.9 Å². The standard InChI is InChI=1S/C9H18ClNO3S/c1-11(15(12,13)7-5-10)8-9-4-2-3-6-14-9/h9H,2-8H2,1H3. The predicted molar refractivity (Wildman–Crippen MR) is 60.7 cm³/mol. The fraction of sp³-hybridized carbons (Fsp3) is 1.00. The summed E-state index contributed by atoms with van der Waals surface area (Å²) in [5, 5.41) is 0. The van der Waals surface area contributed by atoms with Crippen molar-refractivity contribution in [2.24, 2.45) is 0 Å². The van der Waals surface area contributed by atoms with Crippen LogP contribution in [0.1, 0.15) is 19.3 Å². The molecule has 0 aromatic carbocycles. The molecule has 1 heterocycles. The molecule has 1 unspecified atom stereocenters. The summed E-state index contributed by atoms with van der Waals surface area (Å²) in [6.45, 7) is 1.19. The molecule has 0 amide bonds. The van der Waals surface area contributed by atoms with Crippen molar-refractivity contribution in [2.45, 2.75) is 25.4 Å². The van der Waals surface area contributed by atoms with Crippen molar-refractivity contribution in [3.8, 4) is 0 Å². The maximum absolute atomic E-state index is 11.6. The number of nitrogens with zero attached hydrogens (tertiary/aromatic N) is 1. The van der Waals surface area contributed by atoms with E-state index in [1.54, 1.807) is 7.05 Å². The average molecular weight is 256 g/mol. The monoisotopic (exact) mass is 255 g/mol. The molecule has 6 heteroatoms. The molecule has 90 valence electrons. The molecule has 0 N–H and O–H groups in total. The van der Waals surface area contributed by atoms with Gasteiger partial charge in [-0.2, -0.15) is 0 Å². The second kappa shape index (κ2) is 6.03. The SMILES string of the molecule is CN(CC1CCCCO1)S(=O)(=O)CCCl. The molecule has 1 aliphatic heterocycles. The van der Waals surface area contributed by atoms with Crippen LogP contribution in [0.25, 0.3) is 0 Å². The van der Waals surface area contributed by atoms with Gasteiger partial charge in [0.1, 0.15) is 0 Å². The fourth-order valence-electron chi connectivity index (χ4n) is 1.61. The fourth-order valence-corrected chi connectivity index (χ4v) is 3.09. The van der Waals surface area contributed by atoms with Crippen LogP contribution in [0.2, 0.25) is 0 Å². The first-order valence-corrected chi connectivity index (χ1v) is 7.32. The molecule has 1 saturated heterocycles. The summed E-state index contributed by atoms with van der Waals surface area (Å²) >= 11 is 5.44. The van der Waals surface area contributed by atoms with Crippen molar-refractivity contribution in [2.75, 3.05) is 31.8 Å². The zero-order chi connectivity index (χ0) is 11.3. The van der Waals surface area contributed by atoms with E-state index in [4.69, 9.17) is 16.3 Å².